The normalized spacial score (nSPS) is 10.9. The summed E-state index contributed by atoms with van der Waals surface area (Å²) in [6, 6.07) is 12.3. The maximum absolute atomic E-state index is 5.49. The van der Waals surface area contributed by atoms with E-state index in [0.717, 1.165) is 33.7 Å². The molecular weight excluding hydrogens is 316 g/mol. The van der Waals surface area contributed by atoms with E-state index in [1.54, 1.807) is 7.11 Å². The van der Waals surface area contributed by atoms with Crippen LogP contribution in [0.3, 0.4) is 0 Å². The standard InChI is InChI=1S/C16H15BrN2O/c1-3-11-7-8-14(20-2)12(10-11)16-18-15(17)13-6-4-5-9-19(13)16/h4-10H,3H2,1-2H3. The van der Waals surface area contributed by atoms with Crippen LogP contribution in [0.4, 0.5) is 0 Å². The van der Waals surface area contributed by atoms with Crippen molar-refractivity contribution in [1.82, 2.24) is 9.38 Å². The van der Waals surface area contributed by atoms with E-state index >= 15 is 0 Å². The molecule has 102 valence electrons. The van der Waals surface area contributed by atoms with Gasteiger partial charge in [0.25, 0.3) is 0 Å². The summed E-state index contributed by atoms with van der Waals surface area (Å²) in [7, 11) is 1.69. The molecule has 0 radical (unpaired) electrons. The van der Waals surface area contributed by atoms with Crippen LogP contribution in [0.2, 0.25) is 0 Å². The number of ether oxygens (including phenoxy) is 1. The van der Waals surface area contributed by atoms with Crippen molar-refractivity contribution in [3.05, 3.63) is 52.8 Å². The summed E-state index contributed by atoms with van der Waals surface area (Å²) in [5, 5.41) is 0. The average Bonchev–Trinajstić information content (AvgIpc) is 2.84. The SMILES string of the molecule is CCc1ccc(OC)c(-c2nc(Br)c3ccccn23)c1. The Kier molecular flexibility index (Phi) is 3.49. The van der Waals surface area contributed by atoms with E-state index < -0.39 is 0 Å². The van der Waals surface area contributed by atoms with Crippen molar-refractivity contribution < 1.29 is 4.74 Å². The lowest BCUT2D eigenvalue weighted by Gasteiger charge is -2.09. The molecule has 0 aliphatic rings. The summed E-state index contributed by atoms with van der Waals surface area (Å²) in [5.74, 6) is 1.73. The highest BCUT2D eigenvalue weighted by atomic mass is 79.9. The first-order valence-electron chi connectivity index (χ1n) is 6.54. The van der Waals surface area contributed by atoms with Gasteiger partial charge in [0.05, 0.1) is 18.2 Å². The number of hydrogen-bond acceptors (Lipinski definition) is 2. The lowest BCUT2D eigenvalue weighted by Crippen LogP contribution is -1.94. The Labute approximate surface area is 126 Å². The van der Waals surface area contributed by atoms with Crippen LogP contribution in [0.25, 0.3) is 16.9 Å². The minimum absolute atomic E-state index is 0.838. The number of rotatable bonds is 3. The van der Waals surface area contributed by atoms with Crippen LogP contribution in [-0.4, -0.2) is 16.5 Å². The van der Waals surface area contributed by atoms with Crippen LogP contribution in [0.15, 0.2) is 47.2 Å². The number of halogens is 1. The summed E-state index contributed by atoms with van der Waals surface area (Å²) in [5.41, 5.74) is 3.33. The quantitative estimate of drug-likeness (QED) is 0.714. The zero-order valence-corrected chi connectivity index (χ0v) is 13.0. The first-order valence-corrected chi connectivity index (χ1v) is 7.33. The Morgan fingerprint density at radius 3 is 2.85 bits per heavy atom. The maximum atomic E-state index is 5.49. The minimum Gasteiger partial charge on any atom is -0.496 e. The van der Waals surface area contributed by atoms with E-state index in [0.29, 0.717) is 0 Å². The highest BCUT2D eigenvalue weighted by Crippen LogP contribution is 2.33. The topological polar surface area (TPSA) is 26.5 Å². The first-order chi connectivity index (χ1) is 9.74. The van der Waals surface area contributed by atoms with E-state index in [4.69, 9.17) is 4.74 Å². The molecule has 3 aromatic rings. The van der Waals surface area contributed by atoms with Crippen molar-refractivity contribution in [3.8, 4) is 17.1 Å². The number of aromatic nitrogens is 2. The molecule has 1 aromatic carbocycles. The third kappa shape index (κ3) is 2.10. The van der Waals surface area contributed by atoms with Gasteiger partial charge in [0.2, 0.25) is 0 Å². The molecular formula is C16H15BrN2O. The zero-order chi connectivity index (χ0) is 14.1. The predicted octanol–water partition coefficient (Wildman–Crippen LogP) is 4.33. The first kappa shape index (κ1) is 13.2. The minimum atomic E-state index is 0.838. The fraction of sp³-hybridized carbons (Fsp3) is 0.188. The van der Waals surface area contributed by atoms with Crippen LogP contribution in [0.1, 0.15) is 12.5 Å². The van der Waals surface area contributed by atoms with Gasteiger partial charge in [0, 0.05) is 6.20 Å². The van der Waals surface area contributed by atoms with Crippen molar-refractivity contribution in [2.24, 2.45) is 0 Å². The average molecular weight is 331 g/mol. The smallest absolute Gasteiger partial charge is 0.149 e. The molecule has 0 atom stereocenters. The van der Waals surface area contributed by atoms with Crippen molar-refractivity contribution in [2.75, 3.05) is 7.11 Å². The number of imidazole rings is 1. The van der Waals surface area contributed by atoms with Gasteiger partial charge < -0.3 is 4.74 Å². The second kappa shape index (κ2) is 5.29. The number of aryl methyl sites for hydroxylation is 1. The van der Waals surface area contributed by atoms with E-state index in [-0.39, 0.29) is 0 Å². The third-order valence-corrected chi connectivity index (χ3v) is 4.00. The van der Waals surface area contributed by atoms with Crippen LogP contribution in [0, 0.1) is 0 Å². The second-order valence-corrected chi connectivity index (χ2v) is 5.32. The second-order valence-electron chi connectivity index (χ2n) is 4.57. The highest BCUT2D eigenvalue weighted by Gasteiger charge is 2.14. The molecule has 0 spiro atoms. The Balaban J connectivity index is 2.30. The van der Waals surface area contributed by atoms with E-state index in [1.165, 1.54) is 5.56 Å². The molecule has 20 heavy (non-hydrogen) atoms. The van der Waals surface area contributed by atoms with Crippen LogP contribution in [-0.2, 0) is 6.42 Å². The molecule has 0 amide bonds. The fourth-order valence-electron chi connectivity index (χ4n) is 2.34. The van der Waals surface area contributed by atoms with Gasteiger partial charge >= 0.3 is 0 Å². The summed E-state index contributed by atoms with van der Waals surface area (Å²) in [6.07, 6.45) is 3.00. The third-order valence-electron chi connectivity index (χ3n) is 3.42. The van der Waals surface area contributed by atoms with Crippen LogP contribution < -0.4 is 4.74 Å². The number of benzene rings is 1. The van der Waals surface area contributed by atoms with E-state index in [2.05, 4.69) is 44.4 Å². The van der Waals surface area contributed by atoms with Gasteiger partial charge in [-0.25, -0.2) is 4.98 Å². The predicted molar refractivity (Wildman–Crippen MR) is 84.3 cm³/mol. The molecule has 0 aliphatic carbocycles. The Bertz CT molecular complexity index is 764. The summed E-state index contributed by atoms with van der Waals surface area (Å²) in [6.45, 7) is 2.14. The molecule has 2 aromatic heterocycles. The molecule has 4 heteroatoms. The summed E-state index contributed by atoms with van der Waals surface area (Å²) < 4.78 is 8.40. The zero-order valence-electron chi connectivity index (χ0n) is 11.4. The van der Waals surface area contributed by atoms with E-state index in [9.17, 15) is 0 Å². The van der Waals surface area contributed by atoms with Gasteiger partial charge in [-0.15, -0.1) is 0 Å². The highest BCUT2D eigenvalue weighted by molar-refractivity contribution is 9.10. The molecule has 0 aliphatic heterocycles. The Morgan fingerprint density at radius 2 is 2.10 bits per heavy atom. The van der Waals surface area contributed by atoms with Crippen molar-refractivity contribution in [1.29, 1.82) is 0 Å². The fourth-order valence-corrected chi connectivity index (χ4v) is 2.83. The number of hydrogen-bond donors (Lipinski definition) is 0. The molecule has 0 saturated heterocycles. The molecule has 0 saturated carbocycles. The maximum Gasteiger partial charge on any atom is 0.149 e. The van der Waals surface area contributed by atoms with Crippen molar-refractivity contribution in [3.63, 3.8) is 0 Å². The molecule has 0 bridgehead atoms. The summed E-state index contributed by atoms with van der Waals surface area (Å²) in [4.78, 5) is 4.64. The molecule has 2 heterocycles. The summed E-state index contributed by atoms with van der Waals surface area (Å²) >= 11 is 3.52. The van der Waals surface area contributed by atoms with E-state index in [1.807, 2.05) is 30.5 Å². The van der Waals surface area contributed by atoms with Crippen molar-refractivity contribution in [2.45, 2.75) is 13.3 Å². The van der Waals surface area contributed by atoms with Crippen LogP contribution in [0.5, 0.6) is 5.75 Å². The molecule has 0 N–H and O–H groups in total. The van der Waals surface area contributed by atoms with Gasteiger partial charge in [-0.2, -0.15) is 0 Å². The van der Waals surface area contributed by atoms with Gasteiger partial charge in [-0.1, -0.05) is 19.1 Å². The largest absolute Gasteiger partial charge is 0.496 e. The molecule has 3 nitrogen and oxygen atoms in total. The van der Waals surface area contributed by atoms with Gasteiger partial charge in [-0.05, 0) is 52.2 Å². The number of pyridine rings is 1. The Hall–Kier alpha value is -1.81. The van der Waals surface area contributed by atoms with Gasteiger partial charge in [0.1, 0.15) is 16.2 Å². The number of fused-ring (bicyclic) bond motifs is 1. The number of methoxy groups -OCH3 is 1. The lowest BCUT2D eigenvalue weighted by atomic mass is 10.1. The van der Waals surface area contributed by atoms with Gasteiger partial charge in [0.15, 0.2) is 0 Å². The lowest BCUT2D eigenvalue weighted by molar-refractivity contribution is 0.416. The monoisotopic (exact) mass is 330 g/mol. The molecule has 3 rings (SSSR count). The van der Waals surface area contributed by atoms with Gasteiger partial charge in [-0.3, -0.25) is 4.40 Å². The molecule has 0 fully saturated rings. The molecule has 0 unspecified atom stereocenters. The van der Waals surface area contributed by atoms with Crippen LogP contribution >= 0.6 is 15.9 Å². The Morgan fingerprint density at radius 1 is 1.25 bits per heavy atom. The van der Waals surface area contributed by atoms with Crippen molar-refractivity contribution >= 4 is 21.4 Å². The number of nitrogens with zero attached hydrogens (tertiary/aromatic N) is 2.